The smallest absolute Gasteiger partial charge is 0.335 e. The van der Waals surface area contributed by atoms with Gasteiger partial charge in [0, 0.05) is 5.41 Å². The zero-order chi connectivity index (χ0) is 25.8. The number of aliphatic carboxylic acids is 1. The standard InChI is InChI=1S/C30H48O5/c1-18-27(5)9-8-20-28(6,21(27)16-19(31)23(32)35-18)13-15-30(24(33)34)22-17-25(2,3)10-11-26(22,4)12-14-29(20,30)7/h18-22,31H,8-17H2,1-7H3,(H,33,34)/t18-,19+,20?,21?,22?,26-,27-,28-,29-,30+/m1/s1. The molecule has 10 atom stereocenters. The highest BCUT2D eigenvalue weighted by molar-refractivity contribution is 5.77. The van der Waals surface area contributed by atoms with Gasteiger partial charge in [-0.15, -0.1) is 0 Å². The number of carboxylic acids is 1. The van der Waals surface area contributed by atoms with Gasteiger partial charge in [-0.2, -0.15) is 0 Å². The van der Waals surface area contributed by atoms with Crippen LogP contribution >= 0.6 is 0 Å². The number of hydrogen-bond donors (Lipinski definition) is 2. The van der Waals surface area contributed by atoms with Crippen LogP contribution in [0.1, 0.15) is 113 Å². The van der Waals surface area contributed by atoms with Gasteiger partial charge in [0.05, 0.1) is 5.41 Å². The number of ether oxygens (including phenoxy) is 1. The van der Waals surface area contributed by atoms with E-state index < -0.39 is 23.5 Å². The van der Waals surface area contributed by atoms with Gasteiger partial charge in [0.25, 0.3) is 0 Å². The van der Waals surface area contributed by atoms with Crippen LogP contribution in [0.4, 0.5) is 0 Å². The molecule has 0 spiro atoms. The summed E-state index contributed by atoms with van der Waals surface area (Å²) in [6.45, 7) is 16.0. The first-order valence-electron chi connectivity index (χ1n) is 14.2. The fourth-order valence-corrected chi connectivity index (χ4v) is 10.9. The largest absolute Gasteiger partial charge is 0.481 e. The zero-order valence-electron chi connectivity index (χ0n) is 23.1. The van der Waals surface area contributed by atoms with Crippen LogP contribution in [0.15, 0.2) is 0 Å². The molecule has 1 heterocycles. The lowest BCUT2D eigenvalue weighted by Crippen LogP contribution is -2.70. The first-order chi connectivity index (χ1) is 16.1. The average molecular weight is 489 g/mol. The van der Waals surface area contributed by atoms with Crippen molar-refractivity contribution in [1.29, 1.82) is 0 Å². The Labute approximate surface area is 211 Å². The Morgan fingerprint density at radius 3 is 2.17 bits per heavy atom. The van der Waals surface area contributed by atoms with E-state index in [9.17, 15) is 19.8 Å². The zero-order valence-corrected chi connectivity index (χ0v) is 23.1. The third-order valence-electron chi connectivity index (χ3n) is 13.3. The minimum Gasteiger partial charge on any atom is -0.481 e. The number of hydrogen-bond acceptors (Lipinski definition) is 4. The summed E-state index contributed by atoms with van der Waals surface area (Å²) in [6.07, 6.45) is 7.89. The molecule has 0 radical (unpaired) electrons. The monoisotopic (exact) mass is 488 g/mol. The summed E-state index contributed by atoms with van der Waals surface area (Å²) < 4.78 is 5.73. The maximum Gasteiger partial charge on any atom is 0.335 e. The molecule has 2 N–H and O–H groups in total. The minimum atomic E-state index is -1.09. The number of esters is 1. The molecule has 1 aliphatic heterocycles. The first-order valence-corrected chi connectivity index (χ1v) is 14.2. The van der Waals surface area contributed by atoms with E-state index in [1.54, 1.807) is 0 Å². The van der Waals surface area contributed by atoms with Crippen LogP contribution in [0.2, 0.25) is 0 Å². The van der Waals surface area contributed by atoms with Crippen molar-refractivity contribution < 1.29 is 24.5 Å². The summed E-state index contributed by atoms with van der Waals surface area (Å²) in [4.78, 5) is 26.1. The van der Waals surface area contributed by atoms with Crippen LogP contribution in [-0.4, -0.2) is 34.4 Å². The van der Waals surface area contributed by atoms with Crippen molar-refractivity contribution in [3.8, 4) is 0 Å². The van der Waals surface area contributed by atoms with E-state index in [1.807, 2.05) is 6.92 Å². The molecule has 3 unspecified atom stereocenters. The van der Waals surface area contributed by atoms with E-state index in [2.05, 4.69) is 41.5 Å². The van der Waals surface area contributed by atoms with Crippen molar-refractivity contribution in [2.75, 3.05) is 0 Å². The Bertz CT molecular complexity index is 928. The molecule has 4 aliphatic carbocycles. The van der Waals surface area contributed by atoms with Crippen molar-refractivity contribution in [3.63, 3.8) is 0 Å². The molecular formula is C30H48O5. The number of cyclic esters (lactones) is 1. The molecule has 198 valence electrons. The Hall–Kier alpha value is -1.10. The fraction of sp³-hybridized carbons (Fsp3) is 0.933. The summed E-state index contributed by atoms with van der Waals surface area (Å²) in [6, 6.07) is 0. The molecule has 35 heavy (non-hydrogen) atoms. The predicted octanol–water partition coefficient (Wildman–Crippen LogP) is 6.22. The van der Waals surface area contributed by atoms with Gasteiger partial charge in [-0.25, -0.2) is 4.79 Å². The Morgan fingerprint density at radius 1 is 0.857 bits per heavy atom. The molecule has 0 amide bonds. The summed E-state index contributed by atoms with van der Waals surface area (Å²) in [5.74, 6) is -0.480. The summed E-state index contributed by atoms with van der Waals surface area (Å²) in [7, 11) is 0. The number of rotatable bonds is 1. The third kappa shape index (κ3) is 3.15. The Morgan fingerprint density at radius 2 is 1.51 bits per heavy atom. The van der Waals surface area contributed by atoms with Gasteiger partial charge in [0.1, 0.15) is 6.10 Å². The van der Waals surface area contributed by atoms with Crippen LogP contribution in [0.5, 0.6) is 0 Å². The molecule has 5 nitrogen and oxygen atoms in total. The van der Waals surface area contributed by atoms with Gasteiger partial charge in [-0.1, -0.05) is 41.5 Å². The summed E-state index contributed by atoms with van der Waals surface area (Å²) >= 11 is 0. The molecular weight excluding hydrogens is 440 g/mol. The lowest BCUT2D eigenvalue weighted by molar-refractivity contribution is -0.262. The number of carbonyl (C=O) groups excluding carboxylic acids is 1. The molecule has 0 aromatic rings. The molecule has 5 fully saturated rings. The lowest BCUT2D eigenvalue weighted by atomic mass is 9.30. The van der Waals surface area contributed by atoms with Crippen LogP contribution in [0.25, 0.3) is 0 Å². The van der Waals surface area contributed by atoms with E-state index in [4.69, 9.17) is 4.74 Å². The number of carboxylic acid groups (broad SMARTS) is 1. The molecule has 4 saturated carbocycles. The predicted molar refractivity (Wildman–Crippen MR) is 134 cm³/mol. The topological polar surface area (TPSA) is 83.8 Å². The SMILES string of the molecule is C[C@H]1OC(=O)[C@@H](O)CC2[C@]3(C)CC[C@@]4(C(=O)O)C5CC(C)(C)CC[C@]5(C)CC[C@]4(C)C3CC[C@@]21C. The minimum absolute atomic E-state index is 0.0949. The van der Waals surface area contributed by atoms with Crippen molar-refractivity contribution in [1.82, 2.24) is 0 Å². The molecule has 0 bridgehead atoms. The Kier molecular flexibility index (Phi) is 5.46. The van der Waals surface area contributed by atoms with Gasteiger partial charge < -0.3 is 14.9 Å². The molecule has 0 aromatic carbocycles. The van der Waals surface area contributed by atoms with Crippen LogP contribution in [0.3, 0.4) is 0 Å². The average Bonchev–Trinajstić information content (AvgIpc) is 2.84. The molecule has 1 saturated heterocycles. The van der Waals surface area contributed by atoms with E-state index in [1.165, 1.54) is 6.42 Å². The van der Waals surface area contributed by atoms with Crippen molar-refractivity contribution in [2.45, 2.75) is 125 Å². The van der Waals surface area contributed by atoms with Crippen molar-refractivity contribution >= 4 is 11.9 Å². The Balaban J connectivity index is 1.62. The second kappa shape index (κ2) is 7.48. The van der Waals surface area contributed by atoms with Crippen molar-refractivity contribution in [2.24, 2.45) is 50.2 Å². The molecule has 5 aliphatic rings. The van der Waals surface area contributed by atoms with Crippen LogP contribution in [0, 0.1) is 50.2 Å². The van der Waals surface area contributed by atoms with Gasteiger partial charge in [-0.3, -0.25) is 4.79 Å². The number of carbonyl (C=O) groups is 2. The van der Waals surface area contributed by atoms with E-state index in [-0.39, 0.29) is 50.9 Å². The van der Waals surface area contributed by atoms with Gasteiger partial charge in [-0.05, 0) is 111 Å². The van der Waals surface area contributed by atoms with Gasteiger partial charge >= 0.3 is 11.9 Å². The first kappa shape index (κ1) is 25.5. The molecule has 5 heteroatoms. The fourth-order valence-electron chi connectivity index (χ4n) is 10.9. The van der Waals surface area contributed by atoms with Gasteiger partial charge in [0.15, 0.2) is 6.10 Å². The highest BCUT2D eigenvalue weighted by atomic mass is 16.6. The number of aliphatic hydroxyl groups excluding tert-OH is 1. The van der Waals surface area contributed by atoms with E-state index in [0.717, 1.165) is 44.9 Å². The lowest BCUT2D eigenvalue weighted by Gasteiger charge is -2.73. The summed E-state index contributed by atoms with van der Waals surface area (Å²) in [5, 5.41) is 21.9. The maximum atomic E-state index is 13.5. The van der Waals surface area contributed by atoms with E-state index in [0.29, 0.717) is 12.8 Å². The van der Waals surface area contributed by atoms with Crippen molar-refractivity contribution in [3.05, 3.63) is 0 Å². The molecule has 5 rings (SSSR count). The highest BCUT2D eigenvalue weighted by Crippen LogP contribution is 2.78. The molecule has 0 aromatic heterocycles. The maximum absolute atomic E-state index is 13.5. The number of aliphatic hydroxyl groups is 1. The van der Waals surface area contributed by atoms with Gasteiger partial charge in [0.2, 0.25) is 0 Å². The van der Waals surface area contributed by atoms with E-state index >= 15 is 0 Å². The second-order valence-corrected chi connectivity index (χ2v) is 15.3. The number of fused-ring (bicyclic) bond motifs is 7. The van der Waals surface area contributed by atoms with Crippen LogP contribution < -0.4 is 0 Å². The normalized spacial score (nSPS) is 55.3. The third-order valence-corrected chi connectivity index (χ3v) is 13.3. The van der Waals surface area contributed by atoms with Crippen LogP contribution in [-0.2, 0) is 14.3 Å². The summed E-state index contributed by atoms with van der Waals surface area (Å²) in [5.41, 5.74) is -1.06. The highest BCUT2D eigenvalue weighted by Gasteiger charge is 2.74. The quantitative estimate of drug-likeness (QED) is 0.428. The second-order valence-electron chi connectivity index (χ2n) is 15.3.